The maximum atomic E-state index is 13.9. The van der Waals surface area contributed by atoms with Gasteiger partial charge in [0.1, 0.15) is 0 Å². The van der Waals surface area contributed by atoms with Crippen LogP contribution in [0.1, 0.15) is 75.6 Å². The van der Waals surface area contributed by atoms with Gasteiger partial charge in [0.15, 0.2) is 11.5 Å². The molecule has 0 saturated heterocycles. The second-order valence-electron chi connectivity index (χ2n) is 12.1. The number of halogens is 1. The summed E-state index contributed by atoms with van der Waals surface area (Å²) in [6.07, 6.45) is 6.24. The fourth-order valence-electron chi connectivity index (χ4n) is 6.57. The zero-order valence-corrected chi connectivity index (χ0v) is 27.0. The normalized spacial score (nSPS) is 20.8. The standard InChI is InChI=1S/C36H46ClN3O3/c1-6-24(3)43-34-22-32-27(20-33(34)42-5)21-35(41)40(36(32)26-10-12-28(37)13-11-26)31-18-16-30(17-19-31)39(4)23-25-8-14-29(15-9-25)38-7-2/h10-13,16-20,22,24-25,29,36,38H,6-9,14-15,21,23H2,1-5H3/t24-,25?,29?,36?/m1/s1. The Kier molecular flexibility index (Phi) is 10.2. The van der Waals surface area contributed by atoms with Gasteiger partial charge in [-0.05, 0) is 117 Å². The zero-order valence-electron chi connectivity index (χ0n) is 26.2. The van der Waals surface area contributed by atoms with Crippen LogP contribution >= 0.6 is 11.6 Å². The van der Waals surface area contributed by atoms with Crippen molar-refractivity contribution >= 4 is 28.9 Å². The van der Waals surface area contributed by atoms with Gasteiger partial charge in [-0.25, -0.2) is 0 Å². The number of rotatable bonds is 11. The van der Waals surface area contributed by atoms with E-state index in [1.165, 1.54) is 31.4 Å². The number of methoxy groups -OCH3 is 1. The first kappa shape index (κ1) is 31.2. The predicted octanol–water partition coefficient (Wildman–Crippen LogP) is 7.81. The highest BCUT2D eigenvalue weighted by Crippen LogP contribution is 2.44. The van der Waals surface area contributed by atoms with Gasteiger partial charge in [0, 0.05) is 36.0 Å². The van der Waals surface area contributed by atoms with Gasteiger partial charge in [-0.2, -0.15) is 0 Å². The topological polar surface area (TPSA) is 54.0 Å². The third kappa shape index (κ3) is 7.13. The molecule has 0 aromatic heterocycles. The molecular weight excluding hydrogens is 558 g/mol. The summed E-state index contributed by atoms with van der Waals surface area (Å²) in [5.41, 5.74) is 5.02. The Labute approximate surface area is 262 Å². The number of nitrogens with zero attached hydrogens (tertiary/aromatic N) is 2. The van der Waals surface area contributed by atoms with Crippen LogP contribution < -0.4 is 24.6 Å². The van der Waals surface area contributed by atoms with Crippen LogP contribution in [0, 0.1) is 5.92 Å². The van der Waals surface area contributed by atoms with E-state index in [0.717, 1.165) is 41.9 Å². The molecule has 0 radical (unpaired) electrons. The van der Waals surface area contributed by atoms with Gasteiger partial charge >= 0.3 is 0 Å². The van der Waals surface area contributed by atoms with Crippen molar-refractivity contribution in [2.75, 3.05) is 37.0 Å². The Balaban J connectivity index is 1.44. The summed E-state index contributed by atoms with van der Waals surface area (Å²) in [6.45, 7) is 8.44. The number of fused-ring (bicyclic) bond motifs is 1. The summed E-state index contributed by atoms with van der Waals surface area (Å²) in [5.74, 6) is 2.10. The molecule has 230 valence electrons. The molecular formula is C36H46ClN3O3. The fourth-order valence-corrected chi connectivity index (χ4v) is 6.70. The molecule has 1 amide bonds. The molecule has 5 rings (SSSR count). The highest BCUT2D eigenvalue weighted by molar-refractivity contribution is 6.30. The molecule has 1 aliphatic carbocycles. The van der Waals surface area contributed by atoms with E-state index in [0.29, 0.717) is 28.5 Å². The first-order valence-corrected chi connectivity index (χ1v) is 16.2. The number of anilines is 2. The molecule has 7 heteroatoms. The van der Waals surface area contributed by atoms with Crippen molar-refractivity contribution < 1.29 is 14.3 Å². The van der Waals surface area contributed by atoms with Crippen molar-refractivity contribution in [3.63, 3.8) is 0 Å². The highest BCUT2D eigenvalue weighted by atomic mass is 35.5. The SMILES string of the molecule is CCNC1CCC(CN(C)c2ccc(N3C(=O)Cc4cc(OC)c(O[C@H](C)CC)cc4C3c3ccc(Cl)cc3)cc2)CC1. The third-order valence-corrected chi connectivity index (χ3v) is 9.37. The molecule has 3 aromatic rings. The maximum Gasteiger partial charge on any atom is 0.232 e. The number of hydrogen-bond acceptors (Lipinski definition) is 5. The number of amides is 1. The number of carbonyl (C=O) groups excluding carboxylic acids is 1. The van der Waals surface area contributed by atoms with Crippen LogP contribution in [0.15, 0.2) is 60.7 Å². The highest BCUT2D eigenvalue weighted by Gasteiger charge is 2.36. The van der Waals surface area contributed by atoms with Crippen LogP contribution in [0.5, 0.6) is 11.5 Å². The first-order valence-electron chi connectivity index (χ1n) is 15.8. The van der Waals surface area contributed by atoms with Gasteiger partial charge in [0.2, 0.25) is 5.91 Å². The van der Waals surface area contributed by atoms with Gasteiger partial charge in [-0.3, -0.25) is 4.79 Å². The van der Waals surface area contributed by atoms with Crippen molar-refractivity contribution in [2.45, 2.75) is 77.5 Å². The average molecular weight is 604 g/mol. The largest absolute Gasteiger partial charge is 0.493 e. The van der Waals surface area contributed by atoms with Crippen molar-refractivity contribution in [3.8, 4) is 11.5 Å². The summed E-state index contributed by atoms with van der Waals surface area (Å²) < 4.78 is 12.0. The van der Waals surface area contributed by atoms with Gasteiger partial charge in [-0.15, -0.1) is 0 Å². The fraction of sp³-hybridized carbons (Fsp3) is 0.472. The third-order valence-electron chi connectivity index (χ3n) is 9.12. The molecule has 1 aliphatic heterocycles. The molecule has 0 spiro atoms. The molecule has 43 heavy (non-hydrogen) atoms. The van der Waals surface area contributed by atoms with E-state index >= 15 is 0 Å². The summed E-state index contributed by atoms with van der Waals surface area (Å²) in [4.78, 5) is 18.2. The minimum atomic E-state index is -0.325. The molecule has 3 aromatic carbocycles. The summed E-state index contributed by atoms with van der Waals surface area (Å²) in [5, 5.41) is 4.27. The molecule has 1 unspecified atom stereocenters. The lowest BCUT2D eigenvalue weighted by Gasteiger charge is -2.38. The molecule has 2 atom stereocenters. The lowest BCUT2D eigenvalue weighted by Crippen LogP contribution is -2.41. The number of hydrogen-bond donors (Lipinski definition) is 1. The van der Waals surface area contributed by atoms with Crippen molar-refractivity contribution in [1.29, 1.82) is 0 Å². The number of benzene rings is 3. The van der Waals surface area contributed by atoms with Gasteiger partial charge < -0.3 is 24.6 Å². The Hall–Kier alpha value is -3.22. The van der Waals surface area contributed by atoms with Crippen LogP contribution in [-0.2, 0) is 11.2 Å². The smallest absolute Gasteiger partial charge is 0.232 e. The summed E-state index contributed by atoms with van der Waals surface area (Å²) in [6, 6.07) is 20.6. The van der Waals surface area contributed by atoms with Crippen molar-refractivity contribution in [3.05, 3.63) is 82.4 Å². The van der Waals surface area contributed by atoms with E-state index < -0.39 is 0 Å². The second kappa shape index (κ2) is 14.0. The average Bonchev–Trinajstić information content (AvgIpc) is 3.02. The van der Waals surface area contributed by atoms with Gasteiger partial charge in [0.05, 0.1) is 25.7 Å². The van der Waals surface area contributed by atoms with Gasteiger partial charge in [0.25, 0.3) is 0 Å². The maximum absolute atomic E-state index is 13.9. The van der Waals surface area contributed by atoms with Gasteiger partial charge in [-0.1, -0.05) is 37.6 Å². The number of ether oxygens (including phenoxy) is 2. The van der Waals surface area contributed by atoms with E-state index in [1.54, 1.807) is 7.11 Å². The Morgan fingerprint density at radius 2 is 1.70 bits per heavy atom. The summed E-state index contributed by atoms with van der Waals surface area (Å²) >= 11 is 6.28. The molecule has 1 saturated carbocycles. The molecule has 6 nitrogen and oxygen atoms in total. The molecule has 1 heterocycles. The molecule has 1 N–H and O–H groups in total. The Bertz CT molecular complexity index is 1370. The summed E-state index contributed by atoms with van der Waals surface area (Å²) in [7, 11) is 3.82. The zero-order chi connectivity index (χ0) is 30.5. The van der Waals surface area contributed by atoms with Crippen LogP contribution in [0.2, 0.25) is 5.02 Å². The predicted molar refractivity (Wildman–Crippen MR) is 177 cm³/mol. The van der Waals surface area contributed by atoms with E-state index in [4.69, 9.17) is 21.1 Å². The van der Waals surface area contributed by atoms with Crippen LogP contribution in [0.25, 0.3) is 0 Å². The second-order valence-corrected chi connectivity index (χ2v) is 12.5. The van der Waals surface area contributed by atoms with Crippen LogP contribution in [0.3, 0.4) is 0 Å². The Morgan fingerprint density at radius 3 is 2.33 bits per heavy atom. The molecule has 2 aliphatic rings. The van der Waals surface area contributed by atoms with Crippen molar-refractivity contribution in [2.24, 2.45) is 5.92 Å². The monoisotopic (exact) mass is 603 g/mol. The lowest BCUT2D eigenvalue weighted by atomic mass is 9.85. The van der Waals surface area contributed by atoms with E-state index in [1.807, 2.05) is 35.2 Å². The van der Waals surface area contributed by atoms with Crippen LogP contribution in [-0.4, -0.2) is 45.3 Å². The quantitative estimate of drug-likeness (QED) is 0.242. The minimum absolute atomic E-state index is 0.0369. The van der Waals surface area contributed by atoms with Crippen LogP contribution in [0.4, 0.5) is 11.4 Å². The first-order chi connectivity index (χ1) is 20.8. The van der Waals surface area contributed by atoms with E-state index in [2.05, 4.69) is 68.4 Å². The van der Waals surface area contributed by atoms with E-state index in [-0.39, 0.29) is 24.5 Å². The number of nitrogens with one attached hydrogen (secondary N) is 1. The lowest BCUT2D eigenvalue weighted by molar-refractivity contribution is -0.118. The Morgan fingerprint density at radius 1 is 1.00 bits per heavy atom. The number of carbonyl (C=O) groups is 1. The molecule has 1 fully saturated rings. The van der Waals surface area contributed by atoms with E-state index in [9.17, 15) is 4.79 Å². The molecule has 0 bridgehead atoms. The minimum Gasteiger partial charge on any atom is -0.493 e. The van der Waals surface area contributed by atoms with Crippen molar-refractivity contribution in [1.82, 2.24) is 5.32 Å².